The SMILES string of the molecule is CCCCC(N)C1=CC=C(NO)CC1N=O. The fourth-order valence-electron chi connectivity index (χ4n) is 1.84. The van der Waals surface area contributed by atoms with Gasteiger partial charge < -0.3 is 5.73 Å². The lowest BCUT2D eigenvalue weighted by Gasteiger charge is -2.23. The molecule has 0 fully saturated rings. The quantitative estimate of drug-likeness (QED) is 0.475. The molecule has 0 aliphatic heterocycles. The predicted molar refractivity (Wildman–Crippen MR) is 62.8 cm³/mol. The number of nitroso groups, excluding NO2 is 1. The first-order chi connectivity index (χ1) is 7.72. The Balaban J connectivity index is 2.71. The first kappa shape index (κ1) is 12.9. The molecule has 2 unspecified atom stereocenters. The summed E-state index contributed by atoms with van der Waals surface area (Å²) in [7, 11) is 0. The van der Waals surface area contributed by atoms with E-state index in [1.54, 1.807) is 12.2 Å². The van der Waals surface area contributed by atoms with Crippen LogP contribution in [-0.4, -0.2) is 17.3 Å². The lowest BCUT2D eigenvalue weighted by atomic mass is 9.90. The zero-order chi connectivity index (χ0) is 12.0. The van der Waals surface area contributed by atoms with E-state index in [-0.39, 0.29) is 6.04 Å². The Morgan fingerprint density at radius 3 is 3.00 bits per heavy atom. The number of rotatable bonds is 6. The monoisotopic (exact) mass is 225 g/mol. The fourth-order valence-corrected chi connectivity index (χ4v) is 1.84. The Bertz CT molecular complexity index is 300. The van der Waals surface area contributed by atoms with E-state index in [0.717, 1.165) is 24.8 Å². The van der Waals surface area contributed by atoms with Gasteiger partial charge in [-0.25, -0.2) is 0 Å². The van der Waals surface area contributed by atoms with Crippen LogP contribution >= 0.6 is 0 Å². The molecule has 0 heterocycles. The van der Waals surface area contributed by atoms with Gasteiger partial charge in [0.2, 0.25) is 0 Å². The fraction of sp³-hybridized carbons (Fsp3) is 0.636. The summed E-state index contributed by atoms with van der Waals surface area (Å²) in [5.41, 5.74) is 9.51. The Hall–Kier alpha value is -1.20. The standard InChI is InChI=1S/C11H19N3O2/c1-2-3-4-10(12)9-6-5-8(13-15)7-11(9)14-16/h5-6,10-11,13,15H,2-4,7,12H2,1H3. The molecule has 2 atom stereocenters. The van der Waals surface area contributed by atoms with Gasteiger partial charge in [-0.3, -0.25) is 10.7 Å². The number of hydrogen-bond donors (Lipinski definition) is 3. The Kier molecular flexibility index (Phi) is 5.14. The highest BCUT2D eigenvalue weighted by molar-refractivity contribution is 5.31. The molecule has 1 rings (SSSR count). The minimum atomic E-state index is -0.452. The first-order valence-electron chi connectivity index (χ1n) is 5.61. The van der Waals surface area contributed by atoms with Crippen molar-refractivity contribution in [1.29, 1.82) is 0 Å². The molecule has 0 bridgehead atoms. The molecule has 5 heteroatoms. The van der Waals surface area contributed by atoms with Crippen LogP contribution in [0.5, 0.6) is 0 Å². The molecule has 5 nitrogen and oxygen atoms in total. The van der Waals surface area contributed by atoms with Crippen molar-refractivity contribution in [3.05, 3.63) is 28.3 Å². The van der Waals surface area contributed by atoms with Gasteiger partial charge in [0, 0.05) is 18.2 Å². The maximum Gasteiger partial charge on any atom is 0.120 e. The summed E-state index contributed by atoms with van der Waals surface area (Å²) in [6, 6.07) is -0.564. The zero-order valence-corrected chi connectivity index (χ0v) is 9.52. The first-order valence-corrected chi connectivity index (χ1v) is 5.61. The number of nitrogens with two attached hydrogens (primary N) is 1. The van der Waals surface area contributed by atoms with E-state index in [9.17, 15) is 4.91 Å². The van der Waals surface area contributed by atoms with Crippen LogP contribution < -0.4 is 11.2 Å². The molecule has 4 N–H and O–H groups in total. The van der Waals surface area contributed by atoms with Crippen LogP contribution in [0, 0.1) is 4.91 Å². The molecule has 0 saturated carbocycles. The molecule has 1 aliphatic rings. The van der Waals surface area contributed by atoms with E-state index in [1.165, 1.54) is 0 Å². The molecule has 0 amide bonds. The van der Waals surface area contributed by atoms with Gasteiger partial charge in [0.25, 0.3) is 0 Å². The number of hydrogen-bond acceptors (Lipinski definition) is 5. The van der Waals surface area contributed by atoms with Crippen LogP contribution in [0.15, 0.2) is 28.6 Å². The van der Waals surface area contributed by atoms with E-state index in [4.69, 9.17) is 10.9 Å². The van der Waals surface area contributed by atoms with Crippen molar-refractivity contribution in [3.63, 3.8) is 0 Å². The maximum atomic E-state index is 10.7. The lowest BCUT2D eigenvalue weighted by molar-refractivity contribution is 0.194. The molecule has 0 saturated heterocycles. The third-order valence-electron chi connectivity index (χ3n) is 2.84. The number of nitrogens with one attached hydrogen (secondary N) is 1. The van der Waals surface area contributed by atoms with Crippen molar-refractivity contribution in [1.82, 2.24) is 5.48 Å². The van der Waals surface area contributed by atoms with Gasteiger partial charge in [-0.2, -0.15) is 4.91 Å². The van der Waals surface area contributed by atoms with Crippen LogP contribution in [0.4, 0.5) is 0 Å². The maximum absolute atomic E-state index is 10.7. The number of allylic oxidation sites excluding steroid dienone is 2. The summed E-state index contributed by atoms with van der Waals surface area (Å²) in [6.07, 6.45) is 6.91. The van der Waals surface area contributed by atoms with Gasteiger partial charge in [-0.15, -0.1) is 0 Å². The second-order valence-electron chi connectivity index (χ2n) is 4.04. The number of unbranched alkanes of at least 4 members (excludes halogenated alkanes) is 1. The predicted octanol–water partition coefficient (Wildman–Crippen LogP) is 1.83. The second-order valence-corrected chi connectivity index (χ2v) is 4.04. The summed E-state index contributed by atoms with van der Waals surface area (Å²) in [6.45, 7) is 2.10. The largest absolute Gasteiger partial charge is 0.324 e. The molecular weight excluding hydrogens is 206 g/mol. The average Bonchev–Trinajstić information content (AvgIpc) is 2.34. The lowest BCUT2D eigenvalue weighted by Crippen LogP contribution is -2.31. The third kappa shape index (κ3) is 3.15. The molecule has 0 aromatic rings. The van der Waals surface area contributed by atoms with E-state index in [2.05, 4.69) is 12.1 Å². The third-order valence-corrected chi connectivity index (χ3v) is 2.84. The van der Waals surface area contributed by atoms with E-state index < -0.39 is 6.04 Å². The average molecular weight is 225 g/mol. The van der Waals surface area contributed by atoms with Crippen molar-refractivity contribution in [2.24, 2.45) is 10.9 Å². The van der Waals surface area contributed by atoms with E-state index >= 15 is 0 Å². The van der Waals surface area contributed by atoms with Gasteiger partial charge in [-0.1, -0.05) is 31.0 Å². The molecule has 0 aromatic carbocycles. The van der Waals surface area contributed by atoms with Gasteiger partial charge in [-0.05, 0) is 18.1 Å². The summed E-state index contributed by atoms with van der Waals surface area (Å²) >= 11 is 0. The van der Waals surface area contributed by atoms with Crippen LogP contribution in [0.3, 0.4) is 0 Å². The molecule has 1 aliphatic carbocycles. The van der Waals surface area contributed by atoms with Crippen molar-refractivity contribution in [3.8, 4) is 0 Å². The number of nitrogens with zero attached hydrogens (tertiary/aromatic N) is 1. The minimum Gasteiger partial charge on any atom is -0.324 e. The zero-order valence-electron chi connectivity index (χ0n) is 9.52. The highest BCUT2D eigenvalue weighted by Crippen LogP contribution is 2.24. The highest BCUT2D eigenvalue weighted by atomic mass is 16.5. The van der Waals surface area contributed by atoms with Crippen molar-refractivity contribution in [2.45, 2.75) is 44.7 Å². The second kappa shape index (κ2) is 6.40. The Labute approximate surface area is 95.3 Å². The smallest absolute Gasteiger partial charge is 0.120 e. The van der Waals surface area contributed by atoms with Crippen LogP contribution in [0.2, 0.25) is 0 Å². The highest BCUT2D eigenvalue weighted by Gasteiger charge is 2.24. The Morgan fingerprint density at radius 2 is 2.44 bits per heavy atom. The summed E-state index contributed by atoms with van der Waals surface area (Å²) in [5, 5.41) is 11.8. The topological polar surface area (TPSA) is 87.7 Å². The normalized spacial score (nSPS) is 22.1. The van der Waals surface area contributed by atoms with E-state index in [1.807, 2.05) is 5.48 Å². The molecule has 0 aromatic heterocycles. The molecular formula is C11H19N3O2. The van der Waals surface area contributed by atoms with Gasteiger partial charge in [0.05, 0.1) is 0 Å². The summed E-state index contributed by atoms with van der Waals surface area (Å²) < 4.78 is 0. The molecule has 90 valence electrons. The molecule has 0 spiro atoms. The van der Waals surface area contributed by atoms with Crippen LogP contribution in [0.25, 0.3) is 0 Å². The molecule has 0 radical (unpaired) electrons. The minimum absolute atomic E-state index is 0.112. The Morgan fingerprint density at radius 1 is 1.69 bits per heavy atom. The van der Waals surface area contributed by atoms with Crippen molar-refractivity contribution < 1.29 is 5.21 Å². The summed E-state index contributed by atoms with van der Waals surface area (Å²) in [4.78, 5) is 10.7. The van der Waals surface area contributed by atoms with Crippen molar-refractivity contribution >= 4 is 0 Å². The van der Waals surface area contributed by atoms with Gasteiger partial charge in [0.1, 0.15) is 6.04 Å². The van der Waals surface area contributed by atoms with Crippen LogP contribution in [-0.2, 0) is 0 Å². The summed E-state index contributed by atoms with van der Waals surface area (Å²) in [5.74, 6) is 0. The van der Waals surface area contributed by atoms with Crippen molar-refractivity contribution in [2.75, 3.05) is 0 Å². The van der Waals surface area contributed by atoms with Crippen LogP contribution in [0.1, 0.15) is 32.6 Å². The van der Waals surface area contributed by atoms with Gasteiger partial charge >= 0.3 is 0 Å². The van der Waals surface area contributed by atoms with E-state index in [0.29, 0.717) is 12.1 Å². The molecule has 16 heavy (non-hydrogen) atoms. The van der Waals surface area contributed by atoms with Gasteiger partial charge in [0.15, 0.2) is 0 Å². The number of hydroxylamine groups is 1.